The number of ether oxygens (including phenoxy) is 1. The van der Waals surface area contributed by atoms with Crippen molar-refractivity contribution in [3.05, 3.63) is 29.3 Å². The molecule has 1 aromatic rings. The first-order valence-electron chi connectivity index (χ1n) is 6.51. The van der Waals surface area contributed by atoms with Crippen molar-refractivity contribution in [1.82, 2.24) is 10.0 Å². The molecule has 1 aromatic carbocycles. The van der Waals surface area contributed by atoms with Crippen LogP contribution >= 0.6 is 11.6 Å². The van der Waals surface area contributed by atoms with Gasteiger partial charge in [-0.15, -0.1) is 0 Å². The summed E-state index contributed by atoms with van der Waals surface area (Å²) >= 11 is 5.75. The number of amides is 1. The topological polar surface area (TPSA) is 84.5 Å². The predicted molar refractivity (Wildman–Crippen MR) is 82.0 cm³/mol. The Labute approximate surface area is 129 Å². The van der Waals surface area contributed by atoms with Gasteiger partial charge in [-0.05, 0) is 38.1 Å². The zero-order valence-electron chi connectivity index (χ0n) is 11.9. The van der Waals surface area contributed by atoms with Gasteiger partial charge in [0.1, 0.15) is 5.75 Å². The molecule has 1 rings (SSSR count). The molecule has 0 saturated carbocycles. The maximum atomic E-state index is 11.8. The van der Waals surface area contributed by atoms with Crippen LogP contribution in [0.4, 0.5) is 0 Å². The molecule has 21 heavy (non-hydrogen) atoms. The minimum atomic E-state index is -3.24. The Balaban J connectivity index is 2.33. The van der Waals surface area contributed by atoms with E-state index in [9.17, 15) is 13.2 Å². The third kappa shape index (κ3) is 6.79. The molecule has 0 aliphatic heterocycles. The summed E-state index contributed by atoms with van der Waals surface area (Å²) in [6, 6.07) is 6.67. The number of carbonyl (C=O) groups excluding carboxylic acids is 1. The maximum absolute atomic E-state index is 11.8. The van der Waals surface area contributed by atoms with Gasteiger partial charge in [-0.2, -0.15) is 0 Å². The Hall–Kier alpha value is -1.31. The summed E-state index contributed by atoms with van der Waals surface area (Å²) in [7, 11) is -3.24. The van der Waals surface area contributed by atoms with Crippen molar-refractivity contribution in [3.63, 3.8) is 0 Å². The van der Waals surface area contributed by atoms with Crippen LogP contribution < -0.4 is 14.8 Å². The summed E-state index contributed by atoms with van der Waals surface area (Å²) in [6.45, 7) is 3.51. The van der Waals surface area contributed by atoms with Crippen molar-refractivity contribution in [2.75, 3.05) is 18.8 Å². The average Bonchev–Trinajstić information content (AvgIpc) is 2.45. The highest BCUT2D eigenvalue weighted by atomic mass is 35.5. The lowest BCUT2D eigenvalue weighted by molar-refractivity contribution is -0.127. The third-order valence-corrected chi connectivity index (χ3v) is 4.28. The summed E-state index contributed by atoms with van der Waals surface area (Å²) in [6.07, 6.45) is -0.686. The molecule has 8 heteroatoms. The highest BCUT2D eigenvalue weighted by molar-refractivity contribution is 7.89. The number of nitrogens with one attached hydrogen (secondary N) is 2. The van der Waals surface area contributed by atoms with E-state index < -0.39 is 16.1 Å². The summed E-state index contributed by atoms with van der Waals surface area (Å²) < 4.78 is 30.2. The molecule has 0 heterocycles. The van der Waals surface area contributed by atoms with Crippen molar-refractivity contribution in [1.29, 1.82) is 0 Å². The van der Waals surface area contributed by atoms with E-state index in [0.717, 1.165) is 0 Å². The van der Waals surface area contributed by atoms with Crippen LogP contribution in [0.2, 0.25) is 5.02 Å². The Bertz CT molecular complexity index is 560. The molecule has 0 bridgehead atoms. The largest absolute Gasteiger partial charge is 0.481 e. The van der Waals surface area contributed by atoms with Gasteiger partial charge >= 0.3 is 0 Å². The van der Waals surface area contributed by atoms with E-state index in [0.29, 0.717) is 10.8 Å². The van der Waals surface area contributed by atoms with E-state index in [1.165, 1.54) is 0 Å². The van der Waals surface area contributed by atoms with Gasteiger partial charge in [-0.1, -0.05) is 11.6 Å². The lowest BCUT2D eigenvalue weighted by Crippen LogP contribution is -2.40. The first kappa shape index (κ1) is 17.7. The molecule has 0 aliphatic carbocycles. The van der Waals surface area contributed by atoms with E-state index in [1.54, 1.807) is 38.1 Å². The van der Waals surface area contributed by atoms with Gasteiger partial charge in [0.2, 0.25) is 10.0 Å². The number of hydrogen-bond donors (Lipinski definition) is 2. The van der Waals surface area contributed by atoms with Gasteiger partial charge in [0, 0.05) is 18.1 Å². The Kier molecular flexibility index (Phi) is 6.94. The molecule has 1 unspecified atom stereocenters. The minimum absolute atomic E-state index is 0.0109. The van der Waals surface area contributed by atoms with Gasteiger partial charge in [-0.25, -0.2) is 13.1 Å². The van der Waals surface area contributed by atoms with Gasteiger partial charge in [0.25, 0.3) is 5.91 Å². The average molecular weight is 335 g/mol. The van der Waals surface area contributed by atoms with Gasteiger partial charge < -0.3 is 10.1 Å². The fourth-order valence-electron chi connectivity index (χ4n) is 1.41. The summed E-state index contributed by atoms with van der Waals surface area (Å²) in [5.41, 5.74) is 0. The molecule has 118 valence electrons. The fourth-order valence-corrected chi connectivity index (χ4v) is 2.15. The molecule has 0 aliphatic rings. The molecular formula is C13H19ClN2O4S. The smallest absolute Gasteiger partial charge is 0.260 e. The van der Waals surface area contributed by atoms with Crippen LogP contribution in [0.15, 0.2) is 24.3 Å². The van der Waals surface area contributed by atoms with Crippen LogP contribution in [0.5, 0.6) is 5.75 Å². The molecule has 0 fully saturated rings. The minimum Gasteiger partial charge on any atom is -0.481 e. The van der Waals surface area contributed by atoms with Crippen LogP contribution in [0.1, 0.15) is 13.8 Å². The van der Waals surface area contributed by atoms with Crippen LogP contribution in [0.25, 0.3) is 0 Å². The highest BCUT2D eigenvalue weighted by Crippen LogP contribution is 2.16. The second-order valence-corrected chi connectivity index (χ2v) is 6.83. The summed E-state index contributed by atoms with van der Waals surface area (Å²) in [5, 5.41) is 3.18. The lowest BCUT2D eigenvalue weighted by Gasteiger charge is -2.14. The molecule has 0 spiro atoms. The number of sulfonamides is 1. The third-order valence-electron chi connectivity index (χ3n) is 2.62. The zero-order valence-corrected chi connectivity index (χ0v) is 13.5. The molecule has 1 atom stereocenters. The normalized spacial score (nSPS) is 12.7. The van der Waals surface area contributed by atoms with E-state index in [-0.39, 0.29) is 24.7 Å². The number of hydrogen-bond acceptors (Lipinski definition) is 4. The molecule has 0 aromatic heterocycles. The Morgan fingerprint density at radius 2 is 1.90 bits per heavy atom. The quantitative estimate of drug-likeness (QED) is 0.699. The molecular weight excluding hydrogens is 316 g/mol. The molecule has 2 N–H and O–H groups in total. The number of carbonyl (C=O) groups is 1. The highest BCUT2D eigenvalue weighted by Gasteiger charge is 2.14. The van der Waals surface area contributed by atoms with E-state index >= 15 is 0 Å². The van der Waals surface area contributed by atoms with Crippen LogP contribution in [-0.4, -0.2) is 39.3 Å². The van der Waals surface area contributed by atoms with E-state index in [4.69, 9.17) is 16.3 Å². The van der Waals surface area contributed by atoms with Crippen molar-refractivity contribution in [2.24, 2.45) is 0 Å². The second-order valence-electron chi connectivity index (χ2n) is 4.30. The van der Waals surface area contributed by atoms with Gasteiger partial charge in [0.15, 0.2) is 6.10 Å². The van der Waals surface area contributed by atoms with Gasteiger partial charge in [-0.3, -0.25) is 4.79 Å². The number of rotatable bonds is 8. The second kappa shape index (κ2) is 8.21. The molecule has 0 radical (unpaired) electrons. The van der Waals surface area contributed by atoms with E-state index in [1.807, 2.05) is 0 Å². The zero-order chi connectivity index (χ0) is 15.9. The standard InChI is InChI=1S/C13H19ClN2O4S/c1-3-21(18,19)16-9-8-15-13(17)10(2)20-12-6-4-11(14)5-7-12/h4-7,10,16H,3,8-9H2,1-2H3,(H,15,17). The Morgan fingerprint density at radius 3 is 2.48 bits per heavy atom. The van der Waals surface area contributed by atoms with Crippen molar-refractivity contribution in [3.8, 4) is 5.75 Å². The predicted octanol–water partition coefficient (Wildman–Crippen LogP) is 1.16. The number of halogens is 1. The van der Waals surface area contributed by atoms with Crippen molar-refractivity contribution < 1.29 is 17.9 Å². The lowest BCUT2D eigenvalue weighted by atomic mass is 10.3. The van der Waals surface area contributed by atoms with Crippen LogP contribution in [0, 0.1) is 0 Å². The van der Waals surface area contributed by atoms with Crippen LogP contribution in [0.3, 0.4) is 0 Å². The molecule has 0 saturated heterocycles. The number of benzene rings is 1. The Morgan fingerprint density at radius 1 is 1.29 bits per heavy atom. The van der Waals surface area contributed by atoms with Gasteiger partial charge in [0.05, 0.1) is 5.75 Å². The fraction of sp³-hybridized carbons (Fsp3) is 0.462. The monoisotopic (exact) mass is 334 g/mol. The van der Waals surface area contributed by atoms with Crippen molar-refractivity contribution >= 4 is 27.5 Å². The first-order chi connectivity index (χ1) is 9.84. The van der Waals surface area contributed by atoms with Crippen molar-refractivity contribution in [2.45, 2.75) is 20.0 Å². The molecule has 1 amide bonds. The van der Waals surface area contributed by atoms with E-state index in [2.05, 4.69) is 10.0 Å². The summed E-state index contributed by atoms with van der Waals surface area (Å²) in [5.74, 6) is 0.228. The summed E-state index contributed by atoms with van der Waals surface area (Å²) in [4.78, 5) is 11.8. The SMILES string of the molecule is CCS(=O)(=O)NCCNC(=O)C(C)Oc1ccc(Cl)cc1. The van der Waals surface area contributed by atoms with Crippen LogP contribution in [-0.2, 0) is 14.8 Å². The molecule has 6 nitrogen and oxygen atoms in total. The maximum Gasteiger partial charge on any atom is 0.260 e. The first-order valence-corrected chi connectivity index (χ1v) is 8.54.